The van der Waals surface area contributed by atoms with Crippen LogP contribution in [0.4, 0.5) is 0 Å². The van der Waals surface area contributed by atoms with E-state index in [1.54, 1.807) is 0 Å². The number of benzene rings is 1. The molecule has 8 nitrogen and oxygen atoms in total. The van der Waals surface area contributed by atoms with Crippen molar-refractivity contribution in [2.45, 2.75) is 32.9 Å². The first-order valence-electron chi connectivity index (χ1n) is 9.32. The third kappa shape index (κ3) is 6.77. The number of rotatable bonds is 8. The van der Waals surface area contributed by atoms with Crippen LogP contribution in [0, 0.1) is 12.8 Å². The summed E-state index contributed by atoms with van der Waals surface area (Å²) < 4.78 is 1.94. The molecule has 3 rings (SSSR count). The molecule has 1 aliphatic carbocycles. The van der Waals surface area contributed by atoms with Crippen LogP contribution in [0.3, 0.4) is 0 Å². The second-order valence-corrected chi connectivity index (χ2v) is 6.72. The number of guanidine groups is 1. The number of nitrogens with one attached hydrogen (secondary N) is 3. The molecule has 1 aromatic heterocycles. The number of carbonyl (C=O) groups excluding carboxylic acids is 1. The average Bonchev–Trinajstić information content (AvgIpc) is 3.49. The molecule has 0 spiro atoms. The number of amides is 1. The first kappa shape index (κ1) is 22.1. The second-order valence-electron chi connectivity index (χ2n) is 6.72. The predicted octanol–water partition coefficient (Wildman–Crippen LogP) is 1.50. The molecule has 2 aromatic rings. The topological polar surface area (TPSA) is 96.2 Å². The minimum atomic E-state index is 0. The Bertz CT molecular complexity index is 787. The standard InChI is InChI=1S/C19H27N7O.HI/c1-14-24-25-17(26(14)2)13-23-19(22-12-15-6-4-3-5-7-15)21-11-10-20-18(27)16-8-9-16;/h3-7,16H,8-13H2,1-2H3,(H,20,27)(H2,21,22,23);1H. The normalized spacial score (nSPS) is 13.6. The summed E-state index contributed by atoms with van der Waals surface area (Å²) in [7, 11) is 1.94. The molecule has 1 amide bonds. The summed E-state index contributed by atoms with van der Waals surface area (Å²) in [5.41, 5.74) is 1.13. The van der Waals surface area contributed by atoms with Gasteiger partial charge in [0, 0.05) is 26.1 Å². The Morgan fingerprint density at radius 2 is 1.86 bits per heavy atom. The lowest BCUT2D eigenvalue weighted by atomic mass is 10.2. The van der Waals surface area contributed by atoms with Crippen LogP contribution in [0.15, 0.2) is 35.3 Å². The molecule has 1 heterocycles. The molecule has 0 bridgehead atoms. The van der Waals surface area contributed by atoms with Gasteiger partial charge < -0.3 is 20.5 Å². The number of aliphatic imine (C=N–C) groups is 1. The van der Waals surface area contributed by atoms with Crippen molar-refractivity contribution >= 4 is 35.8 Å². The highest BCUT2D eigenvalue weighted by Gasteiger charge is 2.28. The van der Waals surface area contributed by atoms with Crippen LogP contribution >= 0.6 is 24.0 Å². The maximum Gasteiger partial charge on any atom is 0.223 e. The zero-order chi connectivity index (χ0) is 19.1. The molecule has 0 saturated heterocycles. The van der Waals surface area contributed by atoms with Gasteiger partial charge in [0.05, 0.1) is 13.1 Å². The van der Waals surface area contributed by atoms with Crippen LogP contribution < -0.4 is 16.0 Å². The minimum Gasteiger partial charge on any atom is -0.355 e. The Kier molecular flexibility index (Phi) is 8.68. The van der Waals surface area contributed by atoms with E-state index in [1.807, 2.05) is 48.9 Å². The van der Waals surface area contributed by atoms with Gasteiger partial charge in [-0.1, -0.05) is 30.3 Å². The molecule has 152 valence electrons. The van der Waals surface area contributed by atoms with E-state index < -0.39 is 0 Å². The van der Waals surface area contributed by atoms with Crippen LogP contribution in [0.25, 0.3) is 0 Å². The summed E-state index contributed by atoms with van der Waals surface area (Å²) in [6.45, 7) is 4.19. The fourth-order valence-corrected chi connectivity index (χ4v) is 2.55. The van der Waals surface area contributed by atoms with Gasteiger partial charge in [-0.05, 0) is 25.3 Å². The lowest BCUT2D eigenvalue weighted by Gasteiger charge is -2.13. The second kappa shape index (κ2) is 11.0. The van der Waals surface area contributed by atoms with Gasteiger partial charge in [-0.2, -0.15) is 0 Å². The first-order valence-corrected chi connectivity index (χ1v) is 9.32. The van der Waals surface area contributed by atoms with Gasteiger partial charge in [0.15, 0.2) is 11.8 Å². The highest BCUT2D eigenvalue weighted by atomic mass is 127. The zero-order valence-electron chi connectivity index (χ0n) is 16.3. The summed E-state index contributed by atoms with van der Waals surface area (Å²) in [5, 5.41) is 17.7. The van der Waals surface area contributed by atoms with Gasteiger partial charge >= 0.3 is 0 Å². The third-order valence-electron chi connectivity index (χ3n) is 4.52. The van der Waals surface area contributed by atoms with Crippen molar-refractivity contribution in [3.8, 4) is 0 Å². The molecule has 1 aliphatic rings. The Morgan fingerprint density at radius 3 is 2.50 bits per heavy atom. The van der Waals surface area contributed by atoms with Crippen molar-refractivity contribution in [2.24, 2.45) is 18.0 Å². The number of hydrogen-bond donors (Lipinski definition) is 3. The molecule has 1 aromatic carbocycles. The molecule has 28 heavy (non-hydrogen) atoms. The van der Waals surface area contributed by atoms with Gasteiger partial charge in [-0.15, -0.1) is 34.2 Å². The van der Waals surface area contributed by atoms with Crippen LogP contribution in [0.5, 0.6) is 0 Å². The molecule has 9 heteroatoms. The highest BCUT2D eigenvalue weighted by Crippen LogP contribution is 2.28. The largest absolute Gasteiger partial charge is 0.355 e. The van der Waals surface area contributed by atoms with E-state index >= 15 is 0 Å². The Morgan fingerprint density at radius 1 is 1.14 bits per heavy atom. The molecular weight excluding hydrogens is 469 g/mol. The van der Waals surface area contributed by atoms with E-state index in [2.05, 4.69) is 31.1 Å². The number of aryl methyl sites for hydroxylation is 1. The predicted molar refractivity (Wildman–Crippen MR) is 119 cm³/mol. The van der Waals surface area contributed by atoms with Crippen molar-refractivity contribution in [3.05, 3.63) is 47.5 Å². The molecule has 0 atom stereocenters. The van der Waals surface area contributed by atoms with Gasteiger partial charge in [0.25, 0.3) is 0 Å². The zero-order valence-corrected chi connectivity index (χ0v) is 18.6. The first-order chi connectivity index (χ1) is 13.1. The van der Waals surface area contributed by atoms with E-state index in [-0.39, 0.29) is 35.8 Å². The number of aromatic nitrogens is 3. The van der Waals surface area contributed by atoms with Gasteiger partial charge in [-0.25, -0.2) is 4.99 Å². The fourth-order valence-electron chi connectivity index (χ4n) is 2.55. The van der Waals surface area contributed by atoms with Crippen LogP contribution in [0.1, 0.15) is 30.1 Å². The summed E-state index contributed by atoms with van der Waals surface area (Å²) in [5.74, 6) is 2.77. The quantitative estimate of drug-likeness (QED) is 0.223. The highest BCUT2D eigenvalue weighted by molar-refractivity contribution is 14.0. The van der Waals surface area contributed by atoms with E-state index in [4.69, 9.17) is 0 Å². The minimum absolute atomic E-state index is 0. The van der Waals surface area contributed by atoms with E-state index in [0.717, 1.165) is 30.1 Å². The maximum atomic E-state index is 11.7. The van der Waals surface area contributed by atoms with Crippen molar-refractivity contribution in [3.63, 3.8) is 0 Å². The molecule has 1 saturated carbocycles. The monoisotopic (exact) mass is 497 g/mol. The van der Waals surface area contributed by atoms with Crippen LogP contribution in [-0.2, 0) is 24.9 Å². The number of nitrogens with zero attached hydrogens (tertiary/aromatic N) is 4. The van der Waals surface area contributed by atoms with Gasteiger partial charge in [0.2, 0.25) is 5.91 Å². The van der Waals surface area contributed by atoms with Crippen LogP contribution in [0.2, 0.25) is 0 Å². The Hall–Kier alpha value is -2.17. The fraction of sp³-hybridized carbons (Fsp3) is 0.474. The SMILES string of the molecule is Cc1nnc(CNC(=NCc2ccccc2)NCCNC(=O)C2CC2)n1C.I. The number of halogens is 1. The number of carbonyl (C=O) groups is 1. The number of hydrogen-bond acceptors (Lipinski definition) is 4. The van der Waals surface area contributed by atoms with E-state index in [1.165, 1.54) is 0 Å². The summed E-state index contributed by atoms with van der Waals surface area (Å²) in [4.78, 5) is 16.3. The molecule has 0 radical (unpaired) electrons. The molecular formula is C19H28IN7O. The molecule has 1 fully saturated rings. The average molecular weight is 497 g/mol. The Labute approximate surface area is 182 Å². The van der Waals surface area contributed by atoms with E-state index in [0.29, 0.717) is 32.1 Å². The maximum absolute atomic E-state index is 11.7. The summed E-state index contributed by atoms with van der Waals surface area (Å²) in [6, 6.07) is 10.1. The smallest absolute Gasteiger partial charge is 0.223 e. The van der Waals surface area contributed by atoms with Crippen molar-refractivity contribution in [1.29, 1.82) is 0 Å². The molecule has 3 N–H and O–H groups in total. The third-order valence-corrected chi connectivity index (χ3v) is 4.52. The van der Waals surface area contributed by atoms with Gasteiger partial charge in [0.1, 0.15) is 5.82 Å². The summed E-state index contributed by atoms with van der Waals surface area (Å²) >= 11 is 0. The van der Waals surface area contributed by atoms with Crippen LogP contribution in [-0.4, -0.2) is 39.7 Å². The molecule has 0 unspecified atom stereocenters. The van der Waals surface area contributed by atoms with Crippen molar-refractivity contribution in [2.75, 3.05) is 13.1 Å². The lowest BCUT2D eigenvalue weighted by Crippen LogP contribution is -2.41. The van der Waals surface area contributed by atoms with E-state index in [9.17, 15) is 4.79 Å². The molecule has 0 aliphatic heterocycles. The Balaban J connectivity index is 0.00000280. The van der Waals surface area contributed by atoms with Crippen molar-refractivity contribution < 1.29 is 4.79 Å². The summed E-state index contributed by atoms with van der Waals surface area (Å²) in [6.07, 6.45) is 2.03. The van der Waals surface area contributed by atoms with Crippen molar-refractivity contribution in [1.82, 2.24) is 30.7 Å². The van der Waals surface area contributed by atoms with Gasteiger partial charge in [-0.3, -0.25) is 4.79 Å². The lowest BCUT2D eigenvalue weighted by molar-refractivity contribution is -0.122.